The van der Waals surface area contributed by atoms with Gasteiger partial charge in [0.05, 0.1) is 39.7 Å². The predicted molar refractivity (Wildman–Crippen MR) is 121 cm³/mol. The summed E-state index contributed by atoms with van der Waals surface area (Å²) in [6.45, 7) is 5.89. The van der Waals surface area contributed by atoms with Gasteiger partial charge in [0.25, 0.3) is 5.91 Å². The lowest BCUT2D eigenvalue weighted by atomic mass is 10.1. The molecule has 7 heteroatoms. The second-order valence-electron chi connectivity index (χ2n) is 8.31. The zero-order valence-electron chi connectivity index (χ0n) is 18.1. The van der Waals surface area contributed by atoms with E-state index in [1.165, 1.54) is 15.4 Å². The van der Waals surface area contributed by atoms with Crippen LogP contribution in [-0.4, -0.2) is 62.6 Å². The molecule has 0 aromatic heterocycles. The van der Waals surface area contributed by atoms with E-state index in [9.17, 15) is 9.59 Å². The number of carbonyl (C=O) groups excluding carboxylic acids is 2. The second kappa shape index (κ2) is 9.28. The molecule has 0 aliphatic carbocycles. The summed E-state index contributed by atoms with van der Waals surface area (Å²) >= 11 is 6.18. The zero-order valence-corrected chi connectivity index (χ0v) is 18.8. The summed E-state index contributed by atoms with van der Waals surface area (Å²) in [6, 6.07) is 13.4. The Bertz CT molecular complexity index is 955. The molecule has 0 bridgehead atoms. The number of nitrogens with zero attached hydrogens (tertiary/aromatic N) is 2. The zero-order chi connectivity index (χ0) is 22.0. The van der Waals surface area contributed by atoms with Crippen molar-refractivity contribution in [2.75, 3.05) is 44.7 Å². The maximum absolute atomic E-state index is 13.0. The first-order valence-corrected chi connectivity index (χ1v) is 11.2. The average Bonchev–Trinajstić information content (AvgIpc) is 3.07. The molecule has 31 heavy (non-hydrogen) atoms. The maximum Gasteiger partial charge on any atom is 0.288 e. The molecular formula is C24H29ClN3O3+. The summed E-state index contributed by atoms with van der Waals surface area (Å²) in [4.78, 5) is 30.6. The number of rotatable bonds is 6. The highest BCUT2D eigenvalue weighted by Gasteiger charge is 2.45. The van der Waals surface area contributed by atoms with E-state index in [1.54, 1.807) is 7.11 Å². The van der Waals surface area contributed by atoms with Gasteiger partial charge in [0.2, 0.25) is 5.91 Å². The van der Waals surface area contributed by atoms with E-state index >= 15 is 0 Å². The molecule has 2 saturated heterocycles. The third kappa shape index (κ3) is 4.70. The standard InChI is InChI=1S/C24H28ClN3O3/c1-17-3-6-19(25)15-21(17)26-11-13-27(14-12-26)22-16-23(29)28(24(22)30)10-9-18-4-7-20(31-2)8-5-18/h3-8,15,22H,9-14,16H2,1-2H3/p+1/t22-/m0/s1. The number of carbonyl (C=O) groups is 2. The lowest BCUT2D eigenvalue weighted by molar-refractivity contribution is -0.915. The van der Waals surface area contributed by atoms with Crippen LogP contribution in [0.25, 0.3) is 0 Å². The Labute approximate surface area is 188 Å². The molecule has 1 N–H and O–H groups in total. The van der Waals surface area contributed by atoms with Crippen molar-refractivity contribution in [3.63, 3.8) is 0 Å². The number of nitrogens with one attached hydrogen (secondary N) is 1. The fourth-order valence-corrected chi connectivity index (χ4v) is 4.74. The average molecular weight is 443 g/mol. The Morgan fingerprint density at radius 2 is 1.81 bits per heavy atom. The van der Waals surface area contributed by atoms with Gasteiger partial charge < -0.3 is 14.5 Å². The topological polar surface area (TPSA) is 54.3 Å². The van der Waals surface area contributed by atoms with E-state index in [4.69, 9.17) is 16.3 Å². The van der Waals surface area contributed by atoms with Gasteiger partial charge in [0.1, 0.15) is 5.75 Å². The van der Waals surface area contributed by atoms with Crippen LogP contribution in [0.5, 0.6) is 5.75 Å². The summed E-state index contributed by atoms with van der Waals surface area (Å²) in [5.41, 5.74) is 3.44. The van der Waals surface area contributed by atoms with Crippen LogP contribution in [0.4, 0.5) is 5.69 Å². The number of halogens is 1. The molecular weight excluding hydrogens is 414 g/mol. The smallest absolute Gasteiger partial charge is 0.288 e. The summed E-state index contributed by atoms with van der Waals surface area (Å²) in [5, 5.41) is 0.736. The molecule has 4 rings (SSSR count). The van der Waals surface area contributed by atoms with Gasteiger partial charge in [-0.3, -0.25) is 14.5 Å². The molecule has 0 unspecified atom stereocenters. The van der Waals surface area contributed by atoms with Crippen molar-refractivity contribution >= 4 is 29.1 Å². The number of anilines is 1. The largest absolute Gasteiger partial charge is 0.497 e. The molecule has 2 aliphatic heterocycles. The fourth-order valence-electron chi connectivity index (χ4n) is 4.58. The Balaban J connectivity index is 1.34. The van der Waals surface area contributed by atoms with Crippen molar-refractivity contribution in [1.82, 2.24) is 4.90 Å². The number of hydrogen-bond acceptors (Lipinski definition) is 4. The number of methoxy groups -OCH3 is 1. The molecule has 2 aromatic rings. The van der Waals surface area contributed by atoms with Crippen LogP contribution < -0.4 is 14.5 Å². The summed E-state index contributed by atoms with van der Waals surface area (Å²) in [6.07, 6.45) is 0.971. The van der Waals surface area contributed by atoms with Crippen LogP contribution in [0.1, 0.15) is 17.5 Å². The highest BCUT2D eigenvalue weighted by molar-refractivity contribution is 6.30. The predicted octanol–water partition coefficient (Wildman–Crippen LogP) is 1.73. The van der Waals surface area contributed by atoms with Gasteiger partial charge in [0, 0.05) is 17.3 Å². The van der Waals surface area contributed by atoms with Gasteiger partial charge in [-0.1, -0.05) is 29.8 Å². The van der Waals surface area contributed by atoms with E-state index in [1.807, 2.05) is 42.5 Å². The quantitative estimate of drug-likeness (QED) is 0.692. The highest BCUT2D eigenvalue weighted by atomic mass is 35.5. The lowest BCUT2D eigenvalue weighted by Gasteiger charge is -2.36. The van der Waals surface area contributed by atoms with Crippen LogP contribution in [0.15, 0.2) is 42.5 Å². The Hall–Kier alpha value is -2.57. The monoisotopic (exact) mass is 442 g/mol. The summed E-state index contributed by atoms with van der Waals surface area (Å²) < 4.78 is 5.18. The Kier molecular flexibility index (Phi) is 6.49. The fraction of sp³-hybridized carbons (Fsp3) is 0.417. The molecule has 164 valence electrons. The van der Waals surface area contributed by atoms with Gasteiger partial charge in [0.15, 0.2) is 6.04 Å². The number of likely N-dealkylation sites (tertiary alicyclic amines) is 1. The molecule has 0 saturated carbocycles. The van der Waals surface area contributed by atoms with Crippen LogP contribution in [0.2, 0.25) is 5.02 Å². The van der Waals surface area contributed by atoms with E-state index in [0.717, 1.165) is 48.2 Å². The number of benzene rings is 2. The van der Waals surface area contributed by atoms with E-state index in [2.05, 4.69) is 11.8 Å². The van der Waals surface area contributed by atoms with Crippen molar-refractivity contribution in [3.05, 3.63) is 58.6 Å². The number of ether oxygens (including phenoxy) is 1. The van der Waals surface area contributed by atoms with Crippen LogP contribution in [0.3, 0.4) is 0 Å². The highest BCUT2D eigenvalue weighted by Crippen LogP contribution is 2.24. The minimum absolute atomic E-state index is 0.0269. The number of amides is 2. The van der Waals surface area contributed by atoms with Crippen molar-refractivity contribution < 1.29 is 19.2 Å². The first kappa shape index (κ1) is 21.7. The number of piperazine rings is 1. The maximum atomic E-state index is 13.0. The molecule has 2 aliphatic rings. The minimum atomic E-state index is -0.258. The molecule has 1 atom stereocenters. The van der Waals surface area contributed by atoms with E-state index in [0.29, 0.717) is 19.4 Å². The van der Waals surface area contributed by atoms with Crippen LogP contribution in [0, 0.1) is 6.92 Å². The van der Waals surface area contributed by atoms with Gasteiger partial charge in [-0.15, -0.1) is 0 Å². The number of aryl methyl sites for hydroxylation is 1. The van der Waals surface area contributed by atoms with Crippen molar-refractivity contribution in [1.29, 1.82) is 0 Å². The number of hydrogen-bond donors (Lipinski definition) is 1. The molecule has 2 amide bonds. The first-order valence-electron chi connectivity index (χ1n) is 10.8. The van der Waals surface area contributed by atoms with Gasteiger partial charge in [-0.05, 0) is 48.7 Å². The number of quaternary nitrogens is 1. The molecule has 0 spiro atoms. The Morgan fingerprint density at radius 1 is 1.10 bits per heavy atom. The SMILES string of the molecule is COc1ccc(CCN2C(=O)C[C@H]([NH+]3CCN(c4cc(Cl)ccc4C)CC3)C2=O)cc1. The van der Waals surface area contributed by atoms with Crippen molar-refractivity contribution in [3.8, 4) is 5.75 Å². The van der Waals surface area contributed by atoms with Crippen molar-refractivity contribution in [2.45, 2.75) is 25.8 Å². The molecule has 2 aromatic carbocycles. The lowest BCUT2D eigenvalue weighted by Crippen LogP contribution is -3.19. The Morgan fingerprint density at radius 3 is 2.48 bits per heavy atom. The van der Waals surface area contributed by atoms with E-state index < -0.39 is 0 Å². The third-order valence-electron chi connectivity index (χ3n) is 6.44. The molecule has 2 heterocycles. The third-order valence-corrected chi connectivity index (χ3v) is 6.67. The van der Waals surface area contributed by atoms with Crippen molar-refractivity contribution in [2.24, 2.45) is 0 Å². The normalized spacial score (nSPS) is 19.9. The second-order valence-corrected chi connectivity index (χ2v) is 8.75. The molecule has 0 radical (unpaired) electrons. The minimum Gasteiger partial charge on any atom is -0.497 e. The number of imide groups is 1. The summed E-state index contributed by atoms with van der Waals surface area (Å²) in [7, 11) is 1.63. The van der Waals surface area contributed by atoms with Crippen LogP contribution >= 0.6 is 11.6 Å². The van der Waals surface area contributed by atoms with Gasteiger partial charge in [-0.25, -0.2) is 0 Å². The molecule has 2 fully saturated rings. The summed E-state index contributed by atoms with van der Waals surface area (Å²) in [5.74, 6) is 0.720. The van der Waals surface area contributed by atoms with Crippen LogP contribution in [-0.2, 0) is 16.0 Å². The molecule has 6 nitrogen and oxygen atoms in total. The van der Waals surface area contributed by atoms with E-state index in [-0.39, 0.29) is 17.9 Å². The van der Waals surface area contributed by atoms with Gasteiger partial charge in [-0.2, -0.15) is 0 Å². The van der Waals surface area contributed by atoms with Gasteiger partial charge >= 0.3 is 0 Å². The first-order chi connectivity index (χ1) is 15.0.